The molecule has 19 heavy (non-hydrogen) atoms. The number of nitrogens with one attached hydrogen (secondary N) is 1. The van der Waals surface area contributed by atoms with Gasteiger partial charge in [0.1, 0.15) is 0 Å². The Hall–Kier alpha value is -1.40. The summed E-state index contributed by atoms with van der Waals surface area (Å²) in [6.07, 6.45) is 3.18. The second-order valence-electron chi connectivity index (χ2n) is 3.26. The lowest BCUT2D eigenvalue weighted by molar-refractivity contribution is 0.414. The summed E-state index contributed by atoms with van der Waals surface area (Å²) >= 11 is 1.77. The summed E-state index contributed by atoms with van der Waals surface area (Å²) in [6, 6.07) is 2.19. The summed E-state index contributed by atoms with van der Waals surface area (Å²) in [4.78, 5) is 5.59. The summed E-state index contributed by atoms with van der Waals surface area (Å²) in [5.41, 5.74) is 10.6. The summed E-state index contributed by atoms with van der Waals surface area (Å²) in [6.45, 7) is 5.15. The summed E-state index contributed by atoms with van der Waals surface area (Å²) in [5.74, 6) is 0. The molecule has 0 saturated heterocycles. The van der Waals surface area contributed by atoms with E-state index in [2.05, 4.69) is 46.5 Å². The molecule has 112 valence electrons. The highest BCUT2D eigenvalue weighted by Crippen LogP contribution is 2.06. The van der Waals surface area contributed by atoms with Gasteiger partial charge in [0.2, 0.25) is 0 Å². The minimum atomic E-state index is 0.750. The van der Waals surface area contributed by atoms with Gasteiger partial charge >= 0.3 is 0 Å². The standard InChI is InChI=1S/C8H13NS.C2H6N2.C2H6.CH4N2/c1-9(2)5-3-8-4-6-10-7-8;1-4-2-3;1-2;2-1-3/h4,6-7H,3,5H2,1-2H3;2H,1H3,(H2,3,4);1-2H3;1H,(H3,2,3). The number of rotatable bonds is 3. The van der Waals surface area contributed by atoms with Crippen LogP contribution in [0.2, 0.25) is 0 Å². The second-order valence-corrected chi connectivity index (χ2v) is 4.04. The van der Waals surface area contributed by atoms with Crippen LogP contribution >= 0.6 is 11.3 Å². The summed E-state index contributed by atoms with van der Waals surface area (Å²) in [5, 5.41) is 10.2. The third-order valence-electron chi connectivity index (χ3n) is 1.58. The van der Waals surface area contributed by atoms with Crippen LogP contribution in [-0.4, -0.2) is 45.3 Å². The third-order valence-corrected chi connectivity index (χ3v) is 2.31. The molecular weight excluding hydrogens is 258 g/mol. The van der Waals surface area contributed by atoms with Crippen molar-refractivity contribution < 1.29 is 0 Å². The van der Waals surface area contributed by atoms with E-state index in [4.69, 9.17) is 11.1 Å². The molecule has 1 heterocycles. The zero-order chi connectivity index (χ0) is 15.5. The summed E-state index contributed by atoms with van der Waals surface area (Å²) in [7, 11) is 5.83. The van der Waals surface area contributed by atoms with Crippen molar-refractivity contribution in [3.05, 3.63) is 22.4 Å². The zero-order valence-corrected chi connectivity index (χ0v) is 13.6. The van der Waals surface area contributed by atoms with E-state index in [1.807, 2.05) is 13.8 Å². The van der Waals surface area contributed by atoms with Gasteiger partial charge in [0.15, 0.2) is 0 Å². The average Bonchev–Trinajstić information content (AvgIpc) is 2.93. The van der Waals surface area contributed by atoms with Crippen LogP contribution in [0.15, 0.2) is 21.8 Å². The van der Waals surface area contributed by atoms with E-state index in [0.717, 1.165) is 12.9 Å². The van der Waals surface area contributed by atoms with Crippen LogP contribution in [0.5, 0.6) is 0 Å². The molecule has 0 bridgehead atoms. The zero-order valence-electron chi connectivity index (χ0n) is 12.8. The molecule has 5 N–H and O–H groups in total. The van der Waals surface area contributed by atoms with Gasteiger partial charge in [-0.05, 0) is 42.9 Å². The third kappa shape index (κ3) is 26.3. The Morgan fingerprint density at radius 2 is 1.84 bits per heavy atom. The van der Waals surface area contributed by atoms with E-state index in [1.165, 1.54) is 18.3 Å². The minimum Gasteiger partial charge on any atom is -0.390 e. The van der Waals surface area contributed by atoms with Crippen LogP contribution in [0.1, 0.15) is 19.4 Å². The number of hydrogen-bond donors (Lipinski definition) is 3. The predicted octanol–water partition coefficient (Wildman–Crippen LogP) is 2.03. The largest absolute Gasteiger partial charge is 0.390 e. The SMILES string of the molecule is CC.CN(C)CCc1ccsc1.CN=CN.N=CN. The van der Waals surface area contributed by atoms with Crippen LogP contribution in [0.4, 0.5) is 0 Å². The van der Waals surface area contributed by atoms with Crippen molar-refractivity contribution in [3.63, 3.8) is 0 Å². The Balaban J connectivity index is -0.000000239. The van der Waals surface area contributed by atoms with Gasteiger partial charge in [-0.25, -0.2) is 0 Å². The molecule has 5 nitrogen and oxygen atoms in total. The molecule has 0 radical (unpaired) electrons. The molecule has 0 aliphatic heterocycles. The molecule has 0 aliphatic rings. The van der Waals surface area contributed by atoms with Crippen molar-refractivity contribution in [2.45, 2.75) is 20.3 Å². The van der Waals surface area contributed by atoms with Crippen LogP contribution in [0.25, 0.3) is 0 Å². The number of thiophene rings is 1. The Bertz CT molecular complexity index is 267. The van der Waals surface area contributed by atoms with Gasteiger partial charge < -0.3 is 16.4 Å². The Kier molecular flexibility index (Phi) is 26.2. The quantitative estimate of drug-likeness (QED) is 0.587. The van der Waals surface area contributed by atoms with Gasteiger partial charge in [-0.2, -0.15) is 11.3 Å². The molecule has 1 aromatic heterocycles. The first-order chi connectivity index (χ1) is 9.12. The Morgan fingerprint density at radius 1 is 1.37 bits per heavy atom. The van der Waals surface area contributed by atoms with E-state index in [9.17, 15) is 0 Å². The molecule has 0 aliphatic carbocycles. The van der Waals surface area contributed by atoms with Crippen molar-refractivity contribution in [2.75, 3.05) is 27.7 Å². The fourth-order valence-electron chi connectivity index (χ4n) is 0.788. The average molecular weight is 287 g/mol. The molecule has 0 amide bonds. The first-order valence-corrected chi connectivity index (χ1v) is 7.05. The topological polar surface area (TPSA) is 91.5 Å². The summed E-state index contributed by atoms with van der Waals surface area (Å²) < 4.78 is 0. The molecule has 1 rings (SSSR count). The van der Waals surface area contributed by atoms with E-state index in [-0.39, 0.29) is 0 Å². The predicted molar refractivity (Wildman–Crippen MR) is 89.5 cm³/mol. The molecule has 0 saturated carbocycles. The number of nitrogens with zero attached hydrogens (tertiary/aromatic N) is 2. The highest BCUT2D eigenvalue weighted by molar-refractivity contribution is 7.07. The Labute approximate surface area is 121 Å². The van der Waals surface area contributed by atoms with Crippen LogP contribution < -0.4 is 11.5 Å². The van der Waals surface area contributed by atoms with Crippen molar-refractivity contribution >= 4 is 24.0 Å². The maximum absolute atomic E-state index is 5.86. The first kappa shape index (κ1) is 22.8. The molecule has 0 spiro atoms. The van der Waals surface area contributed by atoms with Gasteiger partial charge in [0, 0.05) is 13.6 Å². The van der Waals surface area contributed by atoms with E-state index in [1.54, 1.807) is 18.4 Å². The second kappa shape index (κ2) is 21.8. The smallest absolute Gasteiger partial charge is 0.0794 e. The molecule has 0 fully saturated rings. The molecule has 6 heteroatoms. The van der Waals surface area contributed by atoms with Gasteiger partial charge in [-0.15, -0.1) is 0 Å². The van der Waals surface area contributed by atoms with Crippen molar-refractivity contribution in [2.24, 2.45) is 16.5 Å². The van der Waals surface area contributed by atoms with E-state index >= 15 is 0 Å². The van der Waals surface area contributed by atoms with Gasteiger partial charge in [0.05, 0.1) is 12.7 Å². The van der Waals surface area contributed by atoms with Crippen molar-refractivity contribution in [3.8, 4) is 0 Å². The van der Waals surface area contributed by atoms with Gasteiger partial charge in [-0.1, -0.05) is 13.8 Å². The minimum absolute atomic E-state index is 0.750. The molecule has 1 aromatic rings. The number of likely N-dealkylation sites (N-methyl/N-ethyl adjacent to an activating group) is 1. The lowest BCUT2D eigenvalue weighted by atomic mass is 10.2. The van der Waals surface area contributed by atoms with Gasteiger partial charge in [0.25, 0.3) is 0 Å². The van der Waals surface area contributed by atoms with Crippen LogP contribution in [0, 0.1) is 5.41 Å². The highest BCUT2D eigenvalue weighted by atomic mass is 32.1. The fourth-order valence-corrected chi connectivity index (χ4v) is 1.49. The lowest BCUT2D eigenvalue weighted by Gasteiger charge is -2.06. The number of hydrogen-bond acceptors (Lipinski definition) is 4. The van der Waals surface area contributed by atoms with E-state index < -0.39 is 0 Å². The monoisotopic (exact) mass is 287 g/mol. The molecular formula is C13H29N5S. The normalized spacial score (nSPS) is 8.53. The highest BCUT2D eigenvalue weighted by Gasteiger charge is 1.93. The molecule has 0 aromatic carbocycles. The van der Waals surface area contributed by atoms with Crippen molar-refractivity contribution in [1.82, 2.24) is 4.90 Å². The molecule has 0 unspecified atom stereocenters. The fraction of sp³-hybridized carbons (Fsp3) is 0.538. The maximum atomic E-state index is 5.86. The first-order valence-electron chi connectivity index (χ1n) is 6.11. The number of aliphatic imine (C=N–C) groups is 1. The maximum Gasteiger partial charge on any atom is 0.0794 e. The lowest BCUT2D eigenvalue weighted by Crippen LogP contribution is -2.14. The van der Waals surface area contributed by atoms with E-state index in [0.29, 0.717) is 0 Å². The Morgan fingerprint density at radius 3 is 2.11 bits per heavy atom. The molecule has 0 atom stereocenters. The van der Waals surface area contributed by atoms with Crippen LogP contribution in [0.3, 0.4) is 0 Å². The van der Waals surface area contributed by atoms with Gasteiger partial charge in [-0.3, -0.25) is 10.4 Å². The number of nitrogens with two attached hydrogens (primary N) is 2. The van der Waals surface area contributed by atoms with Crippen LogP contribution in [-0.2, 0) is 6.42 Å². The van der Waals surface area contributed by atoms with Crippen molar-refractivity contribution in [1.29, 1.82) is 5.41 Å².